The SMILES string of the molecule is CC1(C)CC(OCC2CS2)C(C)(C)N1O. The zero-order valence-electron chi connectivity index (χ0n) is 9.99. The number of nitrogens with zero attached hydrogens (tertiary/aromatic N) is 1. The Morgan fingerprint density at radius 3 is 2.40 bits per heavy atom. The zero-order chi connectivity index (χ0) is 11.3. The first-order valence-corrected chi connectivity index (χ1v) is 6.61. The van der Waals surface area contributed by atoms with Crippen LogP contribution in [0.1, 0.15) is 34.1 Å². The summed E-state index contributed by atoms with van der Waals surface area (Å²) in [6, 6.07) is 0. The first-order valence-electron chi connectivity index (χ1n) is 5.56. The largest absolute Gasteiger partial charge is 0.375 e. The van der Waals surface area contributed by atoms with Gasteiger partial charge in [0.1, 0.15) is 0 Å². The molecule has 0 amide bonds. The molecule has 0 saturated carbocycles. The van der Waals surface area contributed by atoms with Crippen LogP contribution in [0.4, 0.5) is 0 Å². The van der Waals surface area contributed by atoms with Gasteiger partial charge in [0.25, 0.3) is 0 Å². The van der Waals surface area contributed by atoms with Crippen LogP contribution in [0.15, 0.2) is 0 Å². The molecule has 15 heavy (non-hydrogen) atoms. The molecule has 2 saturated heterocycles. The summed E-state index contributed by atoms with van der Waals surface area (Å²) in [4.78, 5) is 0. The van der Waals surface area contributed by atoms with Gasteiger partial charge in [0.15, 0.2) is 0 Å². The topological polar surface area (TPSA) is 32.7 Å². The molecule has 3 nitrogen and oxygen atoms in total. The molecule has 2 aliphatic heterocycles. The minimum atomic E-state index is -0.275. The minimum Gasteiger partial charge on any atom is -0.375 e. The normalized spacial score (nSPS) is 38.2. The van der Waals surface area contributed by atoms with Gasteiger partial charge in [-0.3, -0.25) is 0 Å². The van der Waals surface area contributed by atoms with Gasteiger partial charge in [-0.15, -0.1) is 0 Å². The quantitative estimate of drug-likeness (QED) is 0.754. The molecule has 0 aromatic carbocycles. The Bertz CT molecular complexity index is 251. The van der Waals surface area contributed by atoms with Gasteiger partial charge < -0.3 is 9.94 Å². The highest BCUT2D eigenvalue weighted by Crippen LogP contribution is 2.41. The second-order valence-electron chi connectivity index (χ2n) is 5.76. The molecule has 2 aliphatic rings. The Labute approximate surface area is 96.1 Å². The highest BCUT2D eigenvalue weighted by Gasteiger charge is 2.52. The summed E-state index contributed by atoms with van der Waals surface area (Å²) in [5.41, 5.74) is -0.450. The van der Waals surface area contributed by atoms with Gasteiger partial charge in [-0.2, -0.15) is 16.8 Å². The molecule has 2 rings (SSSR count). The third-order valence-corrected chi connectivity index (χ3v) is 4.42. The van der Waals surface area contributed by atoms with Crippen LogP contribution in [0.5, 0.6) is 0 Å². The van der Waals surface area contributed by atoms with Crippen molar-refractivity contribution < 1.29 is 9.94 Å². The van der Waals surface area contributed by atoms with Gasteiger partial charge >= 0.3 is 0 Å². The minimum absolute atomic E-state index is 0.138. The lowest BCUT2D eigenvalue weighted by Crippen LogP contribution is -2.49. The predicted molar refractivity (Wildman–Crippen MR) is 62.4 cm³/mol. The van der Waals surface area contributed by atoms with Crippen LogP contribution in [0.2, 0.25) is 0 Å². The van der Waals surface area contributed by atoms with Gasteiger partial charge in [-0.05, 0) is 34.1 Å². The average Bonchev–Trinajstić information content (AvgIpc) is 2.91. The Hall–Kier alpha value is 0.230. The monoisotopic (exact) mass is 231 g/mol. The van der Waals surface area contributed by atoms with E-state index in [9.17, 15) is 5.21 Å². The maximum absolute atomic E-state index is 10.1. The van der Waals surface area contributed by atoms with Crippen LogP contribution in [-0.2, 0) is 4.74 Å². The van der Waals surface area contributed by atoms with E-state index < -0.39 is 0 Å². The maximum atomic E-state index is 10.1. The molecule has 0 aromatic heterocycles. The molecule has 0 spiro atoms. The standard InChI is InChI=1S/C11H21NO2S/c1-10(2)5-9(11(3,4)12(10)13)14-6-8-7-15-8/h8-9,13H,5-7H2,1-4H3. The predicted octanol–water partition coefficient (Wildman–Crippen LogP) is 2.14. The van der Waals surface area contributed by atoms with Crippen molar-refractivity contribution in [1.29, 1.82) is 0 Å². The number of hydrogen-bond acceptors (Lipinski definition) is 4. The van der Waals surface area contributed by atoms with Gasteiger partial charge in [0, 0.05) is 16.5 Å². The molecule has 2 heterocycles. The smallest absolute Gasteiger partial charge is 0.0795 e. The van der Waals surface area contributed by atoms with Crippen LogP contribution in [0.3, 0.4) is 0 Å². The fourth-order valence-electron chi connectivity index (χ4n) is 2.36. The molecule has 2 fully saturated rings. The maximum Gasteiger partial charge on any atom is 0.0795 e. The molecule has 2 unspecified atom stereocenters. The van der Waals surface area contributed by atoms with Crippen molar-refractivity contribution in [3.8, 4) is 0 Å². The van der Waals surface area contributed by atoms with E-state index in [1.54, 1.807) is 0 Å². The van der Waals surface area contributed by atoms with Gasteiger partial charge in [-0.25, -0.2) is 0 Å². The third-order valence-electron chi connectivity index (χ3n) is 3.48. The van der Waals surface area contributed by atoms with Crippen molar-refractivity contribution in [2.75, 3.05) is 12.4 Å². The van der Waals surface area contributed by atoms with Gasteiger partial charge in [0.2, 0.25) is 0 Å². The second-order valence-corrected chi connectivity index (χ2v) is 7.09. The Kier molecular flexibility index (Phi) is 2.83. The van der Waals surface area contributed by atoms with Crippen LogP contribution >= 0.6 is 11.8 Å². The molecule has 4 heteroatoms. The Morgan fingerprint density at radius 2 is 2.00 bits per heavy atom. The molecule has 0 aliphatic carbocycles. The molecular formula is C11H21NO2S. The molecule has 1 N–H and O–H groups in total. The first-order chi connectivity index (χ1) is 6.84. The average molecular weight is 231 g/mol. The molecule has 0 aromatic rings. The highest BCUT2D eigenvalue weighted by molar-refractivity contribution is 8.06. The number of hydrogen-bond donors (Lipinski definition) is 1. The van der Waals surface area contributed by atoms with E-state index in [1.807, 2.05) is 25.6 Å². The van der Waals surface area contributed by atoms with E-state index in [1.165, 1.54) is 10.8 Å². The van der Waals surface area contributed by atoms with E-state index in [-0.39, 0.29) is 17.2 Å². The van der Waals surface area contributed by atoms with E-state index in [2.05, 4.69) is 13.8 Å². The molecule has 2 atom stereocenters. The van der Waals surface area contributed by atoms with Crippen molar-refractivity contribution in [3.05, 3.63) is 0 Å². The molecule has 0 bridgehead atoms. The van der Waals surface area contributed by atoms with Crippen molar-refractivity contribution in [2.45, 2.75) is 56.5 Å². The molecular weight excluding hydrogens is 210 g/mol. The highest BCUT2D eigenvalue weighted by atomic mass is 32.2. The zero-order valence-corrected chi connectivity index (χ0v) is 10.8. The molecule has 88 valence electrons. The number of hydroxylamine groups is 2. The summed E-state index contributed by atoms with van der Waals surface area (Å²) in [7, 11) is 0. The van der Waals surface area contributed by atoms with Crippen LogP contribution < -0.4 is 0 Å². The third kappa shape index (κ3) is 2.18. The molecule has 0 radical (unpaired) electrons. The Morgan fingerprint density at radius 1 is 1.40 bits per heavy atom. The summed E-state index contributed by atoms with van der Waals surface area (Å²) in [6.07, 6.45) is 1.03. The van der Waals surface area contributed by atoms with E-state index in [4.69, 9.17) is 4.74 Å². The van der Waals surface area contributed by atoms with Crippen LogP contribution in [0.25, 0.3) is 0 Å². The summed E-state index contributed by atoms with van der Waals surface area (Å²) in [6.45, 7) is 9.05. The van der Waals surface area contributed by atoms with Crippen LogP contribution in [0, 0.1) is 0 Å². The number of ether oxygens (including phenoxy) is 1. The van der Waals surface area contributed by atoms with Crippen molar-refractivity contribution in [1.82, 2.24) is 5.06 Å². The van der Waals surface area contributed by atoms with Crippen LogP contribution in [-0.4, -0.2) is 45.1 Å². The van der Waals surface area contributed by atoms with Crippen molar-refractivity contribution >= 4 is 11.8 Å². The van der Waals surface area contributed by atoms with Gasteiger partial charge in [-0.1, -0.05) is 0 Å². The lowest BCUT2D eigenvalue weighted by atomic mass is 9.97. The Balaban J connectivity index is 1.98. The van der Waals surface area contributed by atoms with Crippen molar-refractivity contribution in [2.24, 2.45) is 0 Å². The fourth-order valence-corrected chi connectivity index (χ4v) is 2.76. The lowest BCUT2D eigenvalue weighted by molar-refractivity contribution is -0.204. The number of rotatable bonds is 3. The van der Waals surface area contributed by atoms with E-state index in [0.29, 0.717) is 5.25 Å². The van der Waals surface area contributed by atoms with E-state index in [0.717, 1.165) is 13.0 Å². The summed E-state index contributed by atoms with van der Waals surface area (Å²) in [5, 5.41) is 12.3. The van der Waals surface area contributed by atoms with Gasteiger partial charge in [0.05, 0.1) is 18.2 Å². The lowest BCUT2D eigenvalue weighted by Gasteiger charge is -2.35. The summed E-state index contributed by atoms with van der Waals surface area (Å²) >= 11 is 1.95. The summed E-state index contributed by atoms with van der Waals surface area (Å²) < 4.78 is 5.93. The second kappa shape index (κ2) is 3.62. The fraction of sp³-hybridized carbons (Fsp3) is 1.00. The number of thioether (sulfide) groups is 1. The summed E-state index contributed by atoms with van der Waals surface area (Å²) in [5.74, 6) is 1.24. The first kappa shape index (κ1) is 11.7. The van der Waals surface area contributed by atoms with Crippen molar-refractivity contribution in [3.63, 3.8) is 0 Å². The van der Waals surface area contributed by atoms with E-state index >= 15 is 0 Å².